The summed E-state index contributed by atoms with van der Waals surface area (Å²) in [5.41, 5.74) is 27.5. The first-order chi connectivity index (χ1) is 37.5. The summed E-state index contributed by atoms with van der Waals surface area (Å²) in [6.45, 7) is 1.91. The monoisotopic (exact) mass is 1150 g/mol. The minimum absolute atomic E-state index is 0. The van der Waals surface area contributed by atoms with Crippen molar-refractivity contribution in [3.8, 4) is 34.5 Å². The molecular weight excluding hydrogens is 1100 g/mol. The molecule has 6 aromatic rings. The van der Waals surface area contributed by atoms with E-state index in [1.807, 2.05) is 155 Å². The first-order valence-electron chi connectivity index (χ1n) is 23.8. The number of benzene rings is 6. The van der Waals surface area contributed by atoms with Crippen molar-refractivity contribution >= 4 is 76.1 Å². The van der Waals surface area contributed by atoms with E-state index in [1.165, 1.54) is 4.91 Å². The largest absolute Gasteiger partial charge is 1.00 e. The fourth-order valence-electron chi connectivity index (χ4n) is 9.81. The maximum absolute atomic E-state index is 11.7. The second kappa shape index (κ2) is 27.4. The molecule has 7 aliphatic heterocycles. The summed E-state index contributed by atoms with van der Waals surface area (Å²) < 4.78 is 66.3. The number of aliphatic hydroxyl groups is 3. The van der Waals surface area contributed by atoms with E-state index in [4.69, 9.17) is 57.6 Å². The number of aliphatic hydroxyl groups excluding tert-OH is 3. The first kappa shape index (κ1) is 58.4. The number of halogens is 2. The molecule has 4 saturated heterocycles. The number of hydrogen-bond donors (Lipinski definition) is 3. The van der Waals surface area contributed by atoms with Gasteiger partial charge in [0.25, 0.3) is 0 Å². The van der Waals surface area contributed by atoms with Gasteiger partial charge in [0, 0.05) is 26.3 Å². The Labute approximate surface area is 483 Å². The number of anilines is 6. The van der Waals surface area contributed by atoms with Gasteiger partial charge in [0.2, 0.25) is 9.23 Å². The molecule has 7 heterocycles. The third-order valence-corrected chi connectivity index (χ3v) is 13.8. The molecule has 402 valence electrons. The molecular formula is C51H48Cl2N9NaO13S2. The quantitative estimate of drug-likeness (QED) is 0.0525. The number of ether oxygens (including phenoxy) is 6. The molecule has 4 fully saturated rings. The van der Waals surface area contributed by atoms with Crippen LogP contribution in [0.1, 0.15) is 0 Å². The number of rotatable bonds is 4. The predicted octanol–water partition coefficient (Wildman–Crippen LogP) is 7.02. The molecule has 0 amide bonds. The van der Waals surface area contributed by atoms with Crippen LogP contribution >= 0.6 is 21.4 Å². The minimum Gasteiger partial charge on any atom is -0.453 e. The van der Waals surface area contributed by atoms with Crippen LogP contribution in [0.15, 0.2) is 151 Å². The predicted molar refractivity (Wildman–Crippen MR) is 288 cm³/mol. The van der Waals surface area contributed by atoms with Crippen LogP contribution in [0.5, 0.6) is 34.5 Å². The number of nitrogens with zero attached hydrogens (tertiary/aromatic N) is 9. The third kappa shape index (κ3) is 13.0. The molecule has 78 heavy (non-hydrogen) atoms. The van der Waals surface area contributed by atoms with Crippen LogP contribution < -0.4 is 58.5 Å². The van der Waals surface area contributed by atoms with Crippen molar-refractivity contribution in [1.29, 1.82) is 0 Å². The molecule has 0 bridgehead atoms. The summed E-state index contributed by atoms with van der Waals surface area (Å²) in [6.07, 6.45) is -3.26. The van der Waals surface area contributed by atoms with E-state index in [9.17, 15) is 19.5 Å². The number of fused-ring (bicyclic) bond motifs is 7. The van der Waals surface area contributed by atoms with E-state index >= 15 is 0 Å². The van der Waals surface area contributed by atoms with Gasteiger partial charge in [0.15, 0.2) is 34.5 Å². The molecule has 0 radical (unpaired) electrons. The van der Waals surface area contributed by atoms with Crippen molar-refractivity contribution in [3.63, 3.8) is 0 Å². The van der Waals surface area contributed by atoms with Gasteiger partial charge < -0.3 is 69.5 Å². The Bertz CT molecular complexity index is 3030. The average Bonchev–Trinajstić information content (AvgIpc) is 4.01. The first-order valence-corrected chi connectivity index (χ1v) is 27.6. The fourth-order valence-corrected chi connectivity index (χ4v) is 10.7. The summed E-state index contributed by atoms with van der Waals surface area (Å²) in [5, 5.41) is 34.8. The standard InChI is InChI=1S/C17H16N4O3.C17H15NO5S.C17H17NO4.Cl2OS.N3.Na/c18-20-19-11-9-23-10-14(17(11)22)21-12-5-1-3-7-15(12)24-16-8-4-2-6-13(16)21;19-24-22-16-10-20-9-13(17(16)23-24)18-11-5-1-3-7-14(11)21-15-8-4-2-6-12(15)18;19-14-10-21-9-13(17(14)20)18-11-5-1-3-7-15(11)22-16-8-4-2-6-12(16)18;1-4(2)3;1-3-2;/h1-8,11,14,17,22H,9-10H2;1-8,13,16-17H,9-10H2;1-8,13-14,17,19-20H,9-10H2;;;/q;;;;-1;+1/t11-,14+,17+;13-,16-,17+,24?;13-,14-,17+;;;/m100.../s1. The maximum Gasteiger partial charge on any atom is 1.00 e. The van der Waals surface area contributed by atoms with Gasteiger partial charge in [-0.15, -0.1) is 0 Å². The Morgan fingerprint density at radius 3 is 1.22 bits per heavy atom. The Balaban J connectivity index is 0.000000145. The molecule has 7 aliphatic rings. The van der Waals surface area contributed by atoms with Gasteiger partial charge in [-0.2, -0.15) is 4.21 Å². The van der Waals surface area contributed by atoms with Gasteiger partial charge in [0.05, 0.1) is 104 Å². The molecule has 27 heteroatoms. The normalized spacial score (nSPS) is 25.3. The molecule has 0 aromatic heterocycles. The van der Waals surface area contributed by atoms with Crippen LogP contribution in [-0.2, 0) is 43.2 Å². The van der Waals surface area contributed by atoms with Crippen molar-refractivity contribution in [2.75, 3.05) is 54.3 Å². The molecule has 6 aromatic carbocycles. The number of azide groups is 1. The van der Waals surface area contributed by atoms with E-state index in [0.29, 0.717) is 37.9 Å². The van der Waals surface area contributed by atoms with Crippen LogP contribution in [-0.4, -0.2) is 118 Å². The van der Waals surface area contributed by atoms with Crippen molar-refractivity contribution in [2.24, 2.45) is 5.11 Å². The van der Waals surface area contributed by atoms with Crippen LogP contribution in [0.4, 0.5) is 34.1 Å². The molecule has 0 aliphatic carbocycles. The molecule has 1 unspecified atom stereocenters. The molecule has 13 rings (SSSR count). The maximum atomic E-state index is 11.7. The second-order valence-electron chi connectivity index (χ2n) is 17.5. The molecule has 10 atom stereocenters. The van der Waals surface area contributed by atoms with E-state index in [2.05, 4.69) is 36.3 Å². The van der Waals surface area contributed by atoms with Gasteiger partial charge >= 0.3 is 40.9 Å². The third-order valence-electron chi connectivity index (χ3n) is 13.0. The second-order valence-corrected chi connectivity index (χ2v) is 20.8. The van der Waals surface area contributed by atoms with Crippen LogP contribution in [0.3, 0.4) is 0 Å². The van der Waals surface area contributed by atoms with Gasteiger partial charge in [-0.25, -0.2) is 4.21 Å². The molecule has 0 saturated carbocycles. The minimum atomic E-state index is -1.72. The van der Waals surface area contributed by atoms with Gasteiger partial charge in [-0.1, -0.05) is 77.9 Å². The van der Waals surface area contributed by atoms with Crippen molar-refractivity contribution in [1.82, 2.24) is 0 Å². The van der Waals surface area contributed by atoms with E-state index in [1.54, 1.807) is 0 Å². The topological polar surface area (TPSA) is 286 Å². The number of hydrogen-bond acceptors (Lipinski definition) is 17. The van der Waals surface area contributed by atoms with Gasteiger partial charge in [-0.05, 0) is 78.3 Å². The van der Waals surface area contributed by atoms with Crippen molar-refractivity contribution < 1.29 is 90.1 Å². The van der Waals surface area contributed by atoms with Gasteiger partial charge in [-0.3, -0.25) is 13.3 Å². The van der Waals surface area contributed by atoms with E-state index < -0.39 is 44.9 Å². The number of para-hydroxylation sites is 12. The Morgan fingerprint density at radius 1 is 0.513 bits per heavy atom. The zero-order valence-electron chi connectivity index (χ0n) is 41.3. The van der Waals surface area contributed by atoms with Gasteiger partial charge in [0.1, 0.15) is 24.4 Å². The summed E-state index contributed by atoms with van der Waals surface area (Å²) in [7, 11) is 7.36. The fraction of sp³-hybridized carbons (Fsp3) is 0.294. The summed E-state index contributed by atoms with van der Waals surface area (Å²) in [4.78, 5) is 10.5. The summed E-state index contributed by atoms with van der Waals surface area (Å²) in [5.74, 6) is 4.45. The van der Waals surface area contributed by atoms with E-state index in [0.717, 1.165) is 57.1 Å². The Morgan fingerprint density at radius 2 is 0.833 bits per heavy atom. The SMILES string of the molecule is O=S(Cl)Cl.O=S1O[C@H]2[C@H](COC[C@@H]2N2c3ccccc3Oc3ccccc32)O1.O[C@H]1[C@@H](O)COC[C@@H]1N1c2ccccc2Oc2ccccc21.[N-]=[N+]=N[C@@H]1COC[C@H](N2c3ccccc3Oc3ccccc32)[C@H]1O.[N-]=[N+]=[N-].[Na+]. The average molecular weight is 1150 g/mol. The van der Waals surface area contributed by atoms with Crippen molar-refractivity contribution in [3.05, 3.63) is 172 Å². The van der Waals surface area contributed by atoms with Crippen LogP contribution in [0, 0.1) is 0 Å². The molecule has 3 N–H and O–H groups in total. The van der Waals surface area contributed by atoms with Crippen LogP contribution in [0.2, 0.25) is 0 Å². The van der Waals surface area contributed by atoms with E-state index in [-0.39, 0.29) is 73.1 Å². The Kier molecular flexibility index (Phi) is 20.6. The van der Waals surface area contributed by atoms with Crippen LogP contribution in [0.25, 0.3) is 26.4 Å². The van der Waals surface area contributed by atoms with Crippen molar-refractivity contribution in [2.45, 2.75) is 54.7 Å². The summed E-state index contributed by atoms with van der Waals surface area (Å²) in [6, 6.07) is 44.8. The zero-order chi connectivity index (χ0) is 54.0. The molecule has 0 spiro atoms. The molecule has 22 nitrogen and oxygen atoms in total. The summed E-state index contributed by atoms with van der Waals surface area (Å²) >= 11 is -1.72. The zero-order valence-corrected chi connectivity index (χ0v) is 46.5. The Hall–Kier alpha value is -5.70. The smallest absolute Gasteiger partial charge is 0.453 e.